The SMILES string of the molecule is CC(C)C[C@H]1C(=O)O[C@H](Cc2ccc(Cn3cc(O)cn3)cc2)C(=O)N(C)[C@@H](CC(C)C)C(=O)O[C@H](C)C(=O)N(C)[C@@H](CC(C)C)C(=O)O[C@H](Cc2ccccc2)C(=O)N(C)[C@@H](CC(C)C)C(=O)O[C@H](C)C(=O)N1C. The zero-order chi connectivity index (χ0) is 56.0. The normalized spacial score (nSPS) is 24.0. The third-order valence-corrected chi connectivity index (χ3v) is 13.1. The molecule has 2 aromatic carbocycles. The van der Waals surface area contributed by atoms with E-state index in [1.54, 1.807) is 59.3 Å². The van der Waals surface area contributed by atoms with E-state index in [2.05, 4.69) is 5.10 Å². The van der Waals surface area contributed by atoms with Crippen molar-refractivity contribution in [3.63, 3.8) is 0 Å². The summed E-state index contributed by atoms with van der Waals surface area (Å²) >= 11 is 0. The van der Waals surface area contributed by atoms with Gasteiger partial charge in [0.25, 0.3) is 23.6 Å². The molecule has 0 aliphatic carbocycles. The van der Waals surface area contributed by atoms with E-state index in [4.69, 9.17) is 18.9 Å². The van der Waals surface area contributed by atoms with E-state index < -0.39 is 96.1 Å². The lowest BCUT2D eigenvalue weighted by atomic mass is 9.99. The number of aromatic hydroxyl groups is 1. The highest BCUT2D eigenvalue weighted by Crippen LogP contribution is 2.24. The Kier molecular flexibility index (Phi) is 22.4. The fraction of sp³-hybridized carbons (Fsp3) is 0.589. The molecule has 412 valence electrons. The molecule has 8 atom stereocenters. The van der Waals surface area contributed by atoms with Crippen LogP contribution < -0.4 is 0 Å². The summed E-state index contributed by atoms with van der Waals surface area (Å²) in [5, 5.41) is 13.9. The molecule has 4 amide bonds. The lowest BCUT2D eigenvalue weighted by molar-refractivity contribution is -0.176. The van der Waals surface area contributed by atoms with Crippen molar-refractivity contribution in [3.05, 3.63) is 83.7 Å². The summed E-state index contributed by atoms with van der Waals surface area (Å²) < 4.78 is 25.5. The van der Waals surface area contributed by atoms with Crippen molar-refractivity contribution in [2.45, 2.75) is 163 Å². The van der Waals surface area contributed by atoms with Crippen LogP contribution in [0.25, 0.3) is 0 Å². The van der Waals surface area contributed by atoms with Crippen LogP contribution in [-0.4, -0.2) is 159 Å². The molecule has 1 N–H and O–H groups in total. The molecule has 0 bridgehead atoms. The van der Waals surface area contributed by atoms with E-state index in [9.17, 15) is 43.5 Å². The van der Waals surface area contributed by atoms with Crippen LogP contribution in [0.1, 0.15) is 112 Å². The topological polar surface area (TPSA) is 224 Å². The Morgan fingerprint density at radius 1 is 0.467 bits per heavy atom. The van der Waals surface area contributed by atoms with Crippen molar-refractivity contribution >= 4 is 47.5 Å². The lowest BCUT2D eigenvalue weighted by Gasteiger charge is -2.35. The van der Waals surface area contributed by atoms with Crippen molar-refractivity contribution in [2.24, 2.45) is 23.7 Å². The maximum absolute atomic E-state index is 14.9. The maximum atomic E-state index is 14.9. The van der Waals surface area contributed by atoms with Gasteiger partial charge in [-0.15, -0.1) is 0 Å². The van der Waals surface area contributed by atoms with E-state index >= 15 is 0 Å². The van der Waals surface area contributed by atoms with E-state index in [0.717, 1.165) is 25.2 Å². The van der Waals surface area contributed by atoms with Gasteiger partial charge in [0, 0.05) is 41.0 Å². The minimum absolute atomic E-state index is 0.00650. The fourth-order valence-corrected chi connectivity index (χ4v) is 8.93. The first kappa shape index (κ1) is 60.8. The molecule has 1 fully saturated rings. The van der Waals surface area contributed by atoms with Crippen molar-refractivity contribution in [1.82, 2.24) is 29.4 Å². The number of amides is 4. The molecule has 1 aliphatic rings. The summed E-state index contributed by atoms with van der Waals surface area (Å²) in [5.74, 6) is -7.43. The Bertz CT molecular complexity index is 2410. The van der Waals surface area contributed by atoms with Crippen LogP contribution >= 0.6 is 0 Å². The number of hydrogen-bond acceptors (Lipinski definition) is 14. The van der Waals surface area contributed by atoms with Crippen LogP contribution in [0, 0.1) is 23.7 Å². The Labute approximate surface area is 442 Å². The molecular weight excluding hydrogens is 965 g/mol. The number of likely N-dealkylation sites (N-methyl/N-ethyl adjacent to an activating group) is 4. The van der Waals surface area contributed by atoms with E-state index in [-0.39, 0.29) is 67.9 Å². The second-order valence-electron chi connectivity index (χ2n) is 21.5. The van der Waals surface area contributed by atoms with Gasteiger partial charge in [-0.05, 0) is 79.9 Å². The third-order valence-electron chi connectivity index (χ3n) is 13.1. The molecule has 3 aromatic rings. The predicted octanol–water partition coefficient (Wildman–Crippen LogP) is 5.62. The molecule has 19 heteroatoms. The number of carbonyl (C=O) groups excluding carboxylic acids is 8. The molecule has 4 rings (SSSR count). The highest BCUT2D eigenvalue weighted by atomic mass is 16.6. The summed E-state index contributed by atoms with van der Waals surface area (Å²) in [6.07, 6.45) is -3.14. The molecule has 1 aromatic heterocycles. The maximum Gasteiger partial charge on any atom is 0.329 e. The van der Waals surface area contributed by atoms with Gasteiger partial charge in [0.05, 0.1) is 18.9 Å². The highest BCUT2D eigenvalue weighted by Gasteiger charge is 2.43. The van der Waals surface area contributed by atoms with E-state index in [0.29, 0.717) is 17.7 Å². The number of aromatic nitrogens is 2. The second kappa shape index (κ2) is 27.7. The molecule has 19 nitrogen and oxygen atoms in total. The average molecular weight is 1050 g/mol. The molecular formula is C56H80N6O13. The van der Waals surface area contributed by atoms with Gasteiger partial charge < -0.3 is 43.7 Å². The van der Waals surface area contributed by atoms with Crippen LogP contribution in [0.15, 0.2) is 67.0 Å². The van der Waals surface area contributed by atoms with Crippen molar-refractivity contribution in [2.75, 3.05) is 28.2 Å². The van der Waals surface area contributed by atoms with Crippen LogP contribution in [0.4, 0.5) is 0 Å². The minimum Gasteiger partial charge on any atom is -0.505 e. The third kappa shape index (κ3) is 17.4. The van der Waals surface area contributed by atoms with Gasteiger partial charge in [-0.2, -0.15) is 5.10 Å². The van der Waals surface area contributed by atoms with Gasteiger partial charge >= 0.3 is 23.9 Å². The Hall–Kier alpha value is -6.79. The van der Waals surface area contributed by atoms with Gasteiger partial charge in [0.15, 0.2) is 30.2 Å². The van der Waals surface area contributed by atoms with Crippen LogP contribution in [0.3, 0.4) is 0 Å². The Morgan fingerprint density at radius 3 is 1.12 bits per heavy atom. The number of ether oxygens (including phenoxy) is 4. The minimum atomic E-state index is -1.55. The number of benzene rings is 2. The molecule has 0 saturated carbocycles. The van der Waals surface area contributed by atoms with Gasteiger partial charge in [-0.25, -0.2) is 19.2 Å². The summed E-state index contributed by atoms with van der Waals surface area (Å²) in [6.45, 7) is 17.8. The zero-order valence-corrected chi connectivity index (χ0v) is 46.3. The lowest BCUT2D eigenvalue weighted by Crippen LogP contribution is -2.55. The number of cyclic esters (lactones) is 4. The van der Waals surface area contributed by atoms with Crippen molar-refractivity contribution in [3.8, 4) is 5.75 Å². The van der Waals surface area contributed by atoms with Gasteiger partial charge in [-0.3, -0.25) is 23.9 Å². The zero-order valence-electron chi connectivity index (χ0n) is 46.3. The highest BCUT2D eigenvalue weighted by molar-refractivity contribution is 5.94. The molecule has 2 heterocycles. The molecule has 75 heavy (non-hydrogen) atoms. The Balaban J connectivity index is 1.85. The molecule has 0 unspecified atom stereocenters. The van der Waals surface area contributed by atoms with Crippen molar-refractivity contribution in [1.29, 1.82) is 0 Å². The summed E-state index contributed by atoms with van der Waals surface area (Å²) in [7, 11) is 5.52. The summed E-state index contributed by atoms with van der Waals surface area (Å²) in [4.78, 5) is 121. The van der Waals surface area contributed by atoms with Crippen LogP contribution in [-0.2, 0) is 76.7 Å². The smallest absolute Gasteiger partial charge is 0.329 e. The first-order valence-electron chi connectivity index (χ1n) is 25.9. The quantitative estimate of drug-likeness (QED) is 0.153. The van der Waals surface area contributed by atoms with Crippen LogP contribution in [0.5, 0.6) is 5.75 Å². The molecule has 0 spiro atoms. The monoisotopic (exact) mass is 1040 g/mol. The first-order valence-corrected chi connectivity index (χ1v) is 25.9. The number of hydrogen-bond donors (Lipinski definition) is 1. The number of esters is 4. The second-order valence-corrected chi connectivity index (χ2v) is 21.5. The van der Waals surface area contributed by atoms with E-state index in [1.807, 2.05) is 55.4 Å². The fourth-order valence-electron chi connectivity index (χ4n) is 8.93. The standard InChI is InChI=1S/C56H80N6O13/c1-33(2)24-43-53(68)72-38(10)50(65)59(12)46(27-36(7)8)56(71)75-48(29-40-20-22-41(23-21-40)31-62-32-42(63)30-57-62)52(67)61(14)44(25-34(3)4)54(69)73-37(9)49(64)58(11)45(26-35(5)6)55(70)74-47(51(66)60(43)13)28-39-18-16-15-17-19-39/h15-23,30,32-38,43-48,63H,24-29,31H2,1-14H3/t37-,38-,43+,44+,45+,46+,47-,48-/m1/s1. The van der Waals surface area contributed by atoms with Gasteiger partial charge in [0.2, 0.25) is 0 Å². The Morgan fingerprint density at radius 2 is 0.787 bits per heavy atom. The molecule has 1 aliphatic heterocycles. The predicted molar refractivity (Wildman–Crippen MR) is 278 cm³/mol. The molecule has 1 saturated heterocycles. The molecule has 0 radical (unpaired) electrons. The van der Waals surface area contributed by atoms with Crippen LogP contribution in [0.2, 0.25) is 0 Å². The summed E-state index contributed by atoms with van der Waals surface area (Å²) in [6, 6.07) is 10.8. The number of rotatable bonds is 14. The van der Waals surface area contributed by atoms with Crippen molar-refractivity contribution < 1.29 is 62.4 Å². The number of nitrogens with zero attached hydrogens (tertiary/aromatic N) is 6. The summed E-state index contributed by atoms with van der Waals surface area (Å²) in [5.41, 5.74) is 2.02. The number of carbonyl (C=O) groups is 8. The van der Waals surface area contributed by atoms with E-state index in [1.165, 1.54) is 54.4 Å². The average Bonchev–Trinajstić information content (AvgIpc) is 3.77. The first-order chi connectivity index (χ1) is 35.2. The van der Waals surface area contributed by atoms with Gasteiger partial charge in [0.1, 0.15) is 24.2 Å². The largest absolute Gasteiger partial charge is 0.505 e. The van der Waals surface area contributed by atoms with Gasteiger partial charge in [-0.1, -0.05) is 110 Å².